The minimum Gasteiger partial charge on any atom is -0.478 e. The first-order valence-corrected chi connectivity index (χ1v) is 7.00. The van der Waals surface area contributed by atoms with Crippen molar-refractivity contribution in [1.82, 2.24) is 5.32 Å². The number of anilines is 1. The van der Waals surface area contributed by atoms with Gasteiger partial charge < -0.3 is 14.8 Å². The number of hydrogen-bond donors (Lipinski definition) is 1. The number of methoxy groups -OCH3 is 1. The highest BCUT2D eigenvalue weighted by atomic mass is 16.5. The van der Waals surface area contributed by atoms with Gasteiger partial charge in [-0.25, -0.2) is 0 Å². The van der Waals surface area contributed by atoms with Crippen LogP contribution in [0.1, 0.15) is 13.3 Å². The van der Waals surface area contributed by atoms with Crippen LogP contribution in [0.15, 0.2) is 24.3 Å². The molecule has 1 aliphatic rings. The third-order valence-corrected chi connectivity index (χ3v) is 3.27. The molecule has 1 aliphatic heterocycles. The third kappa shape index (κ3) is 3.52. The second kappa shape index (κ2) is 7.08. The fourth-order valence-electron chi connectivity index (χ4n) is 2.19. The molecule has 0 fully saturated rings. The first-order valence-electron chi connectivity index (χ1n) is 7.00. The first kappa shape index (κ1) is 15.3. The molecular weight excluding hydrogens is 272 g/mol. The maximum Gasteiger partial charge on any atom is 0.268 e. The van der Waals surface area contributed by atoms with Crippen molar-refractivity contribution in [2.45, 2.75) is 19.4 Å². The van der Waals surface area contributed by atoms with Gasteiger partial charge in [-0.05, 0) is 18.6 Å². The average Bonchev–Trinajstić information content (AvgIpc) is 2.50. The summed E-state index contributed by atoms with van der Waals surface area (Å²) in [5.41, 5.74) is 0.633. The highest BCUT2D eigenvalue weighted by Gasteiger charge is 2.33. The topological polar surface area (TPSA) is 67.9 Å². The fraction of sp³-hybridized carbons (Fsp3) is 0.467. The molecule has 0 saturated heterocycles. The summed E-state index contributed by atoms with van der Waals surface area (Å²) < 4.78 is 10.5. The van der Waals surface area contributed by atoms with Crippen LogP contribution in [-0.2, 0) is 14.3 Å². The lowest BCUT2D eigenvalue weighted by atomic mass is 10.1. The van der Waals surface area contributed by atoms with Crippen LogP contribution in [0.4, 0.5) is 5.69 Å². The molecule has 0 aromatic heterocycles. The highest BCUT2D eigenvalue weighted by molar-refractivity contribution is 6.03. The van der Waals surface area contributed by atoms with Crippen LogP contribution < -0.4 is 15.0 Å². The molecule has 1 N–H and O–H groups in total. The van der Waals surface area contributed by atoms with E-state index in [9.17, 15) is 9.59 Å². The first-order chi connectivity index (χ1) is 10.2. The van der Waals surface area contributed by atoms with Crippen molar-refractivity contribution in [3.63, 3.8) is 0 Å². The number of carbonyl (C=O) groups is 2. The monoisotopic (exact) mass is 292 g/mol. The average molecular weight is 292 g/mol. The molecule has 6 heteroatoms. The number of ether oxygens (including phenoxy) is 2. The van der Waals surface area contributed by atoms with Gasteiger partial charge >= 0.3 is 0 Å². The van der Waals surface area contributed by atoms with Crippen LogP contribution in [0.2, 0.25) is 0 Å². The number of benzene rings is 1. The van der Waals surface area contributed by atoms with Gasteiger partial charge in [0.05, 0.1) is 12.3 Å². The fourth-order valence-corrected chi connectivity index (χ4v) is 2.19. The quantitative estimate of drug-likeness (QED) is 0.793. The smallest absolute Gasteiger partial charge is 0.268 e. The molecule has 21 heavy (non-hydrogen) atoms. The summed E-state index contributed by atoms with van der Waals surface area (Å²) in [5.74, 6) is 0.235. The van der Waals surface area contributed by atoms with Gasteiger partial charge in [0.25, 0.3) is 5.91 Å². The minimum absolute atomic E-state index is 0.0145. The van der Waals surface area contributed by atoms with Gasteiger partial charge in [0.15, 0.2) is 6.10 Å². The highest BCUT2D eigenvalue weighted by Crippen LogP contribution is 2.34. The lowest BCUT2D eigenvalue weighted by Crippen LogP contribution is -2.49. The normalized spacial score (nSPS) is 17.1. The Balaban J connectivity index is 2.12. The summed E-state index contributed by atoms with van der Waals surface area (Å²) >= 11 is 0. The van der Waals surface area contributed by atoms with Gasteiger partial charge in [0.2, 0.25) is 5.91 Å². The van der Waals surface area contributed by atoms with Gasteiger partial charge in [-0.2, -0.15) is 0 Å². The molecule has 2 rings (SSSR count). The zero-order valence-electron chi connectivity index (χ0n) is 12.3. The van der Waals surface area contributed by atoms with Crippen LogP contribution in [0.25, 0.3) is 0 Å². The zero-order chi connectivity index (χ0) is 15.2. The van der Waals surface area contributed by atoms with Crippen molar-refractivity contribution < 1.29 is 19.1 Å². The molecule has 0 spiro atoms. The molecule has 1 aromatic rings. The zero-order valence-corrected chi connectivity index (χ0v) is 12.3. The lowest BCUT2D eigenvalue weighted by molar-refractivity contribution is -0.129. The predicted molar refractivity (Wildman–Crippen MR) is 78.4 cm³/mol. The second-order valence-corrected chi connectivity index (χ2v) is 4.75. The van der Waals surface area contributed by atoms with Crippen LogP contribution in [-0.4, -0.2) is 44.7 Å². The number of fused-ring (bicyclic) bond motifs is 1. The predicted octanol–water partition coefficient (Wildman–Crippen LogP) is 0.953. The van der Waals surface area contributed by atoms with Crippen LogP contribution in [0, 0.1) is 0 Å². The Kier molecular flexibility index (Phi) is 5.16. The molecule has 0 saturated carbocycles. The van der Waals surface area contributed by atoms with E-state index >= 15 is 0 Å². The van der Waals surface area contributed by atoms with Gasteiger partial charge in [-0.1, -0.05) is 19.1 Å². The Labute approximate surface area is 124 Å². The SMILES string of the molecule is CC[C@H]1Oc2ccccc2N(CC(=O)NCCOC)C1=O. The van der Waals surface area contributed by atoms with E-state index in [-0.39, 0.29) is 18.4 Å². The van der Waals surface area contributed by atoms with Gasteiger partial charge in [-0.3, -0.25) is 14.5 Å². The van der Waals surface area contributed by atoms with Gasteiger partial charge in [0, 0.05) is 13.7 Å². The molecule has 0 aliphatic carbocycles. The minimum atomic E-state index is -0.535. The molecular formula is C15H20N2O4. The molecule has 1 atom stereocenters. The van der Waals surface area contributed by atoms with E-state index in [1.807, 2.05) is 19.1 Å². The number of nitrogens with one attached hydrogen (secondary N) is 1. The van der Waals surface area contributed by atoms with Crippen molar-refractivity contribution in [1.29, 1.82) is 0 Å². The lowest BCUT2D eigenvalue weighted by Gasteiger charge is -2.33. The maximum atomic E-state index is 12.4. The molecule has 114 valence electrons. The summed E-state index contributed by atoms with van der Waals surface area (Å²) in [5, 5.41) is 2.72. The Morgan fingerprint density at radius 2 is 2.19 bits per heavy atom. The Morgan fingerprint density at radius 1 is 1.43 bits per heavy atom. The number of amides is 2. The van der Waals surface area contributed by atoms with E-state index in [4.69, 9.17) is 9.47 Å². The number of rotatable bonds is 6. The van der Waals surface area contributed by atoms with Crippen LogP contribution >= 0.6 is 0 Å². The van der Waals surface area contributed by atoms with Gasteiger partial charge in [-0.15, -0.1) is 0 Å². The van der Waals surface area contributed by atoms with E-state index in [1.54, 1.807) is 19.2 Å². The molecule has 0 unspecified atom stereocenters. The van der Waals surface area contributed by atoms with E-state index in [0.717, 1.165) is 0 Å². The summed E-state index contributed by atoms with van der Waals surface area (Å²) in [4.78, 5) is 25.8. The summed E-state index contributed by atoms with van der Waals surface area (Å²) in [6.45, 7) is 2.73. The molecule has 6 nitrogen and oxygen atoms in total. The molecule has 0 radical (unpaired) electrons. The van der Waals surface area contributed by atoms with Crippen molar-refractivity contribution in [2.75, 3.05) is 31.7 Å². The second-order valence-electron chi connectivity index (χ2n) is 4.75. The summed E-state index contributed by atoms with van der Waals surface area (Å²) in [6, 6.07) is 7.25. The molecule has 1 aromatic carbocycles. The summed E-state index contributed by atoms with van der Waals surface area (Å²) in [6.07, 6.45) is 0.0290. The van der Waals surface area contributed by atoms with Crippen molar-refractivity contribution in [2.24, 2.45) is 0 Å². The maximum absolute atomic E-state index is 12.4. The molecule has 1 heterocycles. The van der Waals surface area contributed by atoms with Gasteiger partial charge in [0.1, 0.15) is 12.3 Å². The van der Waals surface area contributed by atoms with Crippen molar-refractivity contribution in [3.8, 4) is 5.75 Å². The van der Waals surface area contributed by atoms with Crippen molar-refractivity contribution in [3.05, 3.63) is 24.3 Å². The molecule has 2 amide bonds. The number of hydrogen-bond acceptors (Lipinski definition) is 4. The third-order valence-electron chi connectivity index (χ3n) is 3.27. The van der Waals surface area contributed by atoms with Crippen LogP contribution in [0.3, 0.4) is 0 Å². The van der Waals surface area contributed by atoms with E-state index in [0.29, 0.717) is 31.0 Å². The standard InChI is InChI=1S/C15H20N2O4/c1-3-12-15(19)17(10-14(18)16-8-9-20-2)11-6-4-5-7-13(11)21-12/h4-7,12H,3,8-10H2,1-2H3,(H,16,18)/t12-/m1/s1. The van der Waals surface area contributed by atoms with E-state index < -0.39 is 6.10 Å². The van der Waals surface area contributed by atoms with E-state index in [1.165, 1.54) is 4.90 Å². The number of nitrogens with zero attached hydrogens (tertiary/aromatic N) is 1. The van der Waals surface area contributed by atoms with Crippen LogP contribution in [0.5, 0.6) is 5.75 Å². The Morgan fingerprint density at radius 3 is 2.90 bits per heavy atom. The van der Waals surface area contributed by atoms with E-state index in [2.05, 4.69) is 5.32 Å². The Hall–Kier alpha value is -2.08. The largest absolute Gasteiger partial charge is 0.478 e. The van der Waals surface area contributed by atoms with Crippen molar-refractivity contribution >= 4 is 17.5 Å². The molecule has 0 bridgehead atoms. The number of para-hydroxylation sites is 2. The Bertz CT molecular complexity index is 518. The number of carbonyl (C=O) groups excluding carboxylic acids is 2. The summed E-state index contributed by atoms with van der Waals surface area (Å²) in [7, 11) is 1.57.